The van der Waals surface area contributed by atoms with Crippen LogP contribution in [-0.2, 0) is 6.42 Å². The summed E-state index contributed by atoms with van der Waals surface area (Å²) >= 11 is 2.98. The predicted molar refractivity (Wildman–Crippen MR) is 65.6 cm³/mol. The predicted octanol–water partition coefficient (Wildman–Crippen LogP) is 2.56. The van der Waals surface area contributed by atoms with Crippen LogP contribution >= 0.6 is 22.7 Å². The third kappa shape index (κ3) is 2.59. The van der Waals surface area contributed by atoms with Gasteiger partial charge < -0.3 is 10.4 Å². The molecule has 0 saturated heterocycles. The Kier molecular flexibility index (Phi) is 3.53. The van der Waals surface area contributed by atoms with Crippen molar-refractivity contribution in [3.05, 3.63) is 33.6 Å². The standard InChI is InChI=1S/C10H10N2O2S2/c13-10(14)8-9(16-6-12-8)11-3-1-7-2-4-15-5-7/h2,4-6,11H,1,3H2,(H,13,14). The molecule has 2 rings (SSSR count). The molecule has 0 saturated carbocycles. The van der Waals surface area contributed by atoms with Gasteiger partial charge in [0.05, 0.1) is 5.51 Å². The SMILES string of the molecule is O=C(O)c1ncsc1NCCc1ccsc1. The van der Waals surface area contributed by atoms with E-state index in [1.165, 1.54) is 22.4 Å². The van der Waals surface area contributed by atoms with Gasteiger partial charge in [0.15, 0.2) is 5.69 Å². The third-order valence-electron chi connectivity index (χ3n) is 2.05. The molecule has 0 radical (unpaired) electrons. The first-order chi connectivity index (χ1) is 7.77. The van der Waals surface area contributed by atoms with Crippen molar-refractivity contribution >= 4 is 33.6 Å². The molecule has 0 fully saturated rings. The minimum absolute atomic E-state index is 0.107. The van der Waals surface area contributed by atoms with Crippen molar-refractivity contribution < 1.29 is 9.90 Å². The summed E-state index contributed by atoms with van der Waals surface area (Å²) in [6, 6.07) is 2.07. The number of hydrogen-bond acceptors (Lipinski definition) is 5. The summed E-state index contributed by atoms with van der Waals surface area (Å²) in [6.45, 7) is 0.721. The summed E-state index contributed by atoms with van der Waals surface area (Å²) in [5.74, 6) is -0.987. The Bertz CT molecular complexity index is 465. The molecule has 16 heavy (non-hydrogen) atoms. The quantitative estimate of drug-likeness (QED) is 0.860. The van der Waals surface area contributed by atoms with Crippen molar-refractivity contribution in [2.45, 2.75) is 6.42 Å². The van der Waals surface area contributed by atoms with E-state index < -0.39 is 5.97 Å². The van der Waals surface area contributed by atoms with Crippen LogP contribution in [0.3, 0.4) is 0 Å². The maximum Gasteiger partial charge on any atom is 0.357 e. The van der Waals surface area contributed by atoms with E-state index in [1.807, 2.05) is 5.38 Å². The molecule has 6 heteroatoms. The lowest BCUT2D eigenvalue weighted by atomic mass is 10.2. The van der Waals surface area contributed by atoms with E-state index in [0.717, 1.165) is 13.0 Å². The number of carbonyl (C=O) groups is 1. The van der Waals surface area contributed by atoms with E-state index in [9.17, 15) is 4.79 Å². The number of thiophene rings is 1. The molecule has 0 aliphatic rings. The van der Waals surface area contributed by atoms with Crippen molar-refractivity contribution in [2.75, 3.05) is 11.9 Å². The van der Waals surface area contributed by atoms with Crippen LogP contribution in [-0.4, -0.2) is 22.6 Å². The molecule has 0 atom stereocenters. The Balaban J connectivity index is 1.90. The van der Waals surface area contributed by atoms with E-state index >= 15 is 0 Å². The van der Waals surface area contributed by atoms with Crippen LogP contribution in [0.2, 0.25) is 0 Å². The largest absolute Gasteiger partial charge is 0.476 e. The number of nitrogens with one attached hydrogen (secondary N) is 1. The van der Waals surface area contributed by atoms with Crippen LogP contribution in [0.1, 0.15) is 16.1 Å². The zero-order valence-electron chi connectivity index (χ0n) is 8.34. The summed E-state index contributed by atoms with van der Waals surface area (Å²) in [6.07, 6.45) is 0.889. The van der Waals surface area contributed by atoms with Crippen molar-refractivity contribution in [1.29, 1.82) is 0 Å². The number of aromatic nitrogens is 1. The Morgan fingerprint density at radius 1 is 1.56 bits per heavy atom. The molecule has 4 nitrogen and oxygen atoms in total. The smallest absolute Gasteiger partial charge is 0.357 e. The second-order valence-corrected chi connectivity index (χ2v) is 4.78. The molecule has 84 valence electrons. The molecule has 2 heterocycles. The first kappa shape index (κ1) is 11.1. The molecule has 0 bridgehead atoms. The number of carboxylic acid groups (broad SMARTS) is 1. The molecule has 0 aliphatic carbocycles. The Labute approximate surface area is 101 Å². The number of hydrogen-bond donors (Lipinski definition) is 2. The van der Waals surface area contributed by atoms with Crippen LogP contribution < -0.4 is 5.32 Å². The normalized spacial score (nSPS) is 10.2. The number of carboxylic acids is 1. The highest BCUT2D eigenvalue weighted by Crippen LogP contribution is 2.20. The van der Waals surface area contributed by atoms with Gasteiger partial charge >= 0.3 is 5.97 Å². The number of aromatic carboxylic acids is 1. The second-order valence-electron chi connectivity index (χ2n) is 3.14. The number of anilines is 1. The first-order valence-corrected chi connectivity index (χ1v) is 6.51. The van der Waals surface area contributed by atoms with Crippen LogP contribution in [0.25, 0.3) is 0 Å². The molecule has 2 N–H and O–H groups in total. The zero-order valence-corrected chi connectivity index (χ0v) is 9.98. The van der Waals surface area contributed by atoms with Gasteiger partial charge in [0, 0.05) is 6.54 Å². The van der Waals surface area contributed by atoms with Crippen molar-refractivity contribution in [3.63, 3.8) is 0 Å². The Morgan fingerprint density at radius 2 is 2.44 bits per heavy atom. The van der Waals surface area contributed by atoms with Gasteiger partial charge in [-0.2, -0.15) is 11.3 Å². The van der Waals surface area contributed by atoms with Gasteiger partial charge in [-0.25, -0.2) is 9.78 Å². The molecule has 0 amide bonds. The Morgan fingerprint density at radius 3 is 3.12 bits per heavy atom. The highest BCUT2D eigenvalue weighted by atomic mass is 32.1. The zero-order chi connectivity index (χ0) is 11.4. The molecule has 0 unspecified atom stereocenters. The summed E-state index contributed by atoms with van der Waals surface area (Å²) in [5, 5.41) is 16.7. The molecule has 2 aromatic rings. The van der Waals surface area contributed by atoms with Crippen molar-refractivity contribution in [3.8, 4) is 0 Å². The van der Waals surface area contributed by atoms with E-state index in [4.69, 9.17) is 5.11 Å². The van der Waals surface area contributed by atoms with E-state index in [-0.39, 0.29) is 5.69 Å². The van der Waals surface area contributed by atoms with Crippen LogP contribution in [0.4, 0.5) is 5.00 Å². The van der Waals surface area contributed by atoms with Gasteiger partial charge in [0.1, 0.15) is 5.00 Å². The van der Waals surface area contributed by atoms with E-state index in [0.29, 0.717) is 5.00 Å². The summed E-state index contributed by atoms with van der Waals surface area (Å²) in [4.78, 5) is 14.6. The van der Waals surface area contributed by atoms with Gasteiger partial charge in [-0.3, -0.25) is 0 Å². The minimum atomic E-state index is -0.987. The molecule has 0 aromatic carbocycles. The number of nitrogens with zero attached hydrogens (tertiary/aromatic N) is 1. The highest BCUT2D eigenvalue weighted by molar-refractivity contribution is 7.14. The monoisotopic (exact) mass is 254 g/mol. The fraction of sp³-hybridized carbons (Fsp3) is 0.200. The second kappa shape index (κ2) is 5.09. The lowest BCUT2D eigenvalue weighted by molar-refractivity contribution is 0.0692. The minimum Gasteiger partial charge on any atom is -0.476 e. The fourth-order valence-corrected chi connectivity index (χ4v) is 2.68. The molecule has 0 aliphatic heterocycles. The lowest BCUT2D eigenvalue weighted by Crippen LogP contribution is -2.07. The molecular formula is C10H10N2O2S2. The average Bonchev–Trinajstić information content (AvgIpc) is 2.87. The molecule has 0 spiro atoms. The van der Waals surface area contributed by atoms with Gasteiger partial charge in [-0.1, -0.05) is 0 Å². The van der Waals surface area contributed by atoms with Crippen LogP contribution in [0, 0.1) is 0 Å². The average molecular weight is 254 g/mol. The molecule has 2 aromatic heterocycles. The number of rotatable bonds is 5. The first-order valence-electron chi connectivity index (χ1n) is 4.69. The van der Waals surface area contributed by atoms with Gasteiger partial charge in [-0.15, -0.1) is 11.3 Å². The topological polar surface area (TPSA) is 62.2 Å². The van der Waals surface area contributed by atoms with Gasteiger partial charge in [-0.05, 0) is 28.8 Å². The van der Waals surface area contributed by atoms with Gasteiger partial charge in [0.2, 0.25) is 0 Å². The molecular weight excluding hydrogens is 244 g/mol. The van der Waals surface area contributed by atoms with Crippen LogP contribution in [0.5, 0.6) is 0 Å². The third-order valence-corrected chi connectivity index (χ3v) is 3.57. The number of thiazole rings is 1. The maximum atomic E-state index is 10.8. The van der Waals surface area contributed by atoms with Crippen LogP contribution in [0.15, 0.2) is 22.3 Å². The summed E-state index contributed by atoms with van der Waals surface area (Å²) < 4.78 is 0. The van der Waals surface area contributed by atoms with E-state index in [1.54, 1.807) is 11.3 Å². The summed E-state index contributed by atoms with van der Waals surface area (Å²) in [5.41, 5.74) is 2.91. The van der Waals surface area contributed by atoms with Crippen molar-refractivity contribution in [2.24, 2.45) is 0 Å². The maximum absolute atomic E-state index is 10.8. The van der Waals surface area contributed by atoms with E-state index in [2.05, 4.69) is 21.7 Å². The fourth-order valence-electron chi connectivity index (χ4n) is 1.28. The Hall–Kier alpha value is -1.40. The van der Waals surface area contributed by atoms with Crippen molar-refractivity contribution in [1.82, 2.24) is 4.98 Å². The van der Waals surface area contributed by atoms with Gasteiger partial charge in [0.25, 0.3) is 0 Å². The summed E-state index contributed by atoms with van der Waals surface area (Å²) in [7, 11) is 0. The lowest BCUT2D eigenvalue weighted by Gasteiger charge is -2.02. The highest BCUT2D eigenvalue weighted by Gasteiger charge is 2.12.